The number of ether oxygens (including phenoxy) is 2. The van der Waals surface area contributed by atoms with Gasteiger partial charge in [0.15, 0.2) is 11.5 Å². The van der Waals surface area contributed by atoms with Gasteiger partial charge in [-0.1, -0.05) is 18.0 Å². The zero-order valence-electron chi connectivity index (χ0n) is 11.5. The van der Waals surface area contributed by atoms with Crippen LogP contribution in [0.4, 0.5) is 17.6 Å². The van der Waals surface area contributed by atoms with Gasteiger partial charge in [0.05, 0.1) is 0 Å². The van der Waals surface area contributed by atoms with E-state index in [9.17, 15) is 17.6 Å². The van der Waals surface area contributed by atoms with Crippen molar-refractivity contribution >= 4 is 11.6 Å². The fraction of sp³-hybridized carbons (Fsp3) is 0.571. The largest absolute Gasteiger partial charge is 0.507 e. The molecule has 0 aliphatic carbocycles. The minimum absolute atomic E-state index is 0.177. The average Bonchev–Trinajstić information content (AvgIpc) is 2.43. The monoisotopic (exact) mass is 339 g/mol. The fourth-order valence-corrected chi connectivity index (χ4v) is 2.88. The molecule has 3 rings (SSSR count). The standard InChI is InChI=1S/C14H14ClF4NO2/c15-10-7-12-11(21-13(16,17)14(18,19)22-12)6-8(10)5-9-3-1-2-4-20-9/h6-7,9,20H,1-5H2. The molecule has 0 aromatic heterocycles. The lowest BCUT2D eigenvalue weighted by Gasteiger charge is -2.32. The van der Waals surface area contributed by atoms with Crippen molar-refractivity contribution in [1.82, 2.24) is 5.32 Å². The van der Waals surface area contributed by atoms with E-state index in [0.717, 1.165) is 31.9 Å². The molecule has 3 nitrogen and oxygen atoms in total. The first kappa shape index (κ1) is 15.7. The van der Waals surface area contributed by atoms with Crippen molar-refractivity contribution in [3.05, 3.63) is 22.7 Å². The van der Waals surface area contributed by atoms with Gasteiger partial charge in [-0.05, 0) is 37.4 Å². The van der Waals surface area contributed by atoms with E-state index < -0.39 is 23.7 Å². The Labute approximate surface area is 129 Å². The molecule has 122 valence electrons. The summed E-state index contributed by atoms with van der Waals surface area (Å²) in [6.07, 6.45) is -5.82. The van der Waals surface area contributed by atoms with Crippen LogP contribution in [0.25, 0.3) is 0 Å². The predicted octanol–water partition coefficient (Wildman–Crippen LogP) is 3.98. The molecule has 0 bridgehead atoms. The maximum atomic E-state index is 13.2. The Balaban J connectivity index is 1.86. The first-order valence-electron chi connectivity index (χ1n) is 6.98. The number of halogens is 5. The van der Waals surface area contributed by atoms with Crippen molar-refractivity contribution in [2.75, 3.05) is 6.54 Å². The lowest BCUT2D eigenvalue weighted by molar-refractivity contribution is -0.391. The summed E-state index contributed by atoms with van der Waals surface area (Å²) in [6, 6.07) is 2.52. The fourth-order valence-electron chi connectivity index (χ4n) is 2.65. The number of benzene rings is 1. The lowest BCUT2D eigenvalue weighted by Crippen LogP contribution is -2.52. The molecule has 1 fully saturated rings. The summed E-state index contributed by atoms with van der Waals surface area (Å²) in [5.74, 6) is -0.910. The van der Waals surface area contributed by atoms with E-state index in [1.54, 1.807) is 0 Å². The zero-order chi connectivity index (χ0) is 16.0. The van der Waals surface area contributed by atoms with Crippen molar-refractivity contribution in [3.63, 3.8) is 0 Å². The van der Waals surface area contributed by atoms with Crippen molar-refractivity contribution < 1.29 is 27.0 Å². The summed E-state index contributed by atoms with van der Waals surface area (Å²) < 4.78 is 60.8. The Kier molecular flexibility index (Phi) is 3.89. The third kappa shape index (κ3) is 2.84. The minimum Gasteiger partial charge on any atom is -0.421 e. The van der Waals surface area contributed by atoms with E-state index in [1.807, 2.05) is 0 Å². The number of hydrogen-bond acceptors (Lipinski definition) is 3. The second-order valence-electron chi connectivity index (χ2n) is 5.48. The normalized spacial score (nSPS) is 25.8. The van der Waals surface area contributed by atoms with Crippen LogP contribution in [0.5, 0.6) is 11.5 Å². The van der Waals surface area contributed by atoms with Crippen LogP contribution in [0.1, 0.15) is 24.8 Å². The zero-order valence-corrected chi connectivity index (χ0v) is 12.2. The molecule has 1 aromatic rings. The molecule has 1 saturated heterocycles. The topological polar surface area (TPSA) is 30.5 Å². The van der Waals surface area contributed by atoms with Gasteiger partial charge in [0, 0.05) is 17.1 Å². The highest BCUT2D eigenvalue weighted by atomic mass is 35.5. The molecule has 8 heteroatoms. The van der Waals surface area contributed by atoms with Crippen LogP contribution >= 0.6 is 11.6 Å². The van der Waals surface area contributed by atoms with Crippen LogP contribution < -0.4 is 14.8 Å². The SMILES string of the molecule is FC1(F)Oc2cc(Cl)c(CC3CCCCN3)cc2OC1(F)F. The molecule has 1 aromatic carbocycles. The van der Waals surface area contributed by atoms with Gasteiger partial charge in [-0.3, -0.25) is 0 Å². The summed E-state index contributed by atoms with van der Waals surface area (Å²) in [5, 5.41) is 3.50. The molecular weight excluding hydrogens is 326 g/mol. The van der Waals surface area contributed by atoms with Gasteiger partial charge in [0.25, 0.3) is 0 Å². The third-order valence-corrected chi connectivity index (χ3v) is 4.16. The Hall–Kier alpha value is -1.21. The van der Waals surface area contributed by atoms with Crippen LogP contribution in [0, 0.1) is 0 Å². The van der Waals surface area contributed by atoms with Gasteiger partial charge in [0.1, 0.15) is 0 Å². The van der Waals surface area contributed by atoms with Gasteiger partial charge in [-0.25, -0.2) is 0 Å². The van der Waals surface area contributed by atoms with Crippen molar-refractivity contribution in [3.8, 4) is 11.5 Å². The maximum absolute atomic E-state index is 13.2. The van der Waals surface area contributed by atoms with Crippen molar-refractivity contribution in [1.29, 1.82) is 0 Å². The Morgan fingerprint density at radius 1 is 1.09 bits per heavy atom. The molecule has 0 amide bonds. The number of alkyl halides is 4. The summed E-state index contributed by atoms with van der Waals surface area (Å²) in [6.45, 7) is 0.886. The second kappa shape index (κ2) is 5.45. The molecule has 2 aliphatic heterocycles. The highest BCUT2D eigenvalue weighted by Crippen LogP contribution is 2.48. The van der Waals surface area contributed by atoms with E-state index in [1.165, 1.54) is 6.07 Å². The highest BCUT2D eigenvalue weighted by molar-refractivity contribution is 6.31. The molecule has 0 saturated carbocycles. The van der Waals surface area contributed by atoms with Crippen molar-refractivity contribution in [2.24, 2.45) is 0 Å². The van der Waals surface area contributed by atoms with Crippen LogP contribution in [0.2, 0.25) is 5.02 Å². The smallest absolute Gasteiger partial charge is 0.421 e. The predicted molar refractivity (Wildman–Crippen MR) is 71.9 cm³/mol. The van der Waals surface area contributed by atoms with Crippen LogP contribution in [0.15, 0.2) is 12.1 Å². The summed E-state index contributed by atoms with van der Waals surface area (Å²) in [4.78, 5) is 0. The number of hydrogen-bond donors (Lipinski definition) is 1. The van der Waals surface area contributed by atoms with Crippen LogP contribution in [-0.2, 0) is 6.42 Å². The molecule has 0 spiro atoms. The van der Waals surface area contributed by atoms with Gasteiger partial charge in [-0.15, -0.1) is 0 Å². The van der Waals surface area contributed by atoms with Gasteiger partial charge in [0.2, 0.25) is 0 Å². The first-order valence-corrected chi connectivity index (χ1v) is 7.36. The van der Waals surface area contributed by atoms with E-state index in [4.69, 9.17) is 11.6 Å². The van der Waals surface area contributed by atoms with Crippen molar-refractivity contribution in [2.45, 2.75) is 43.9 Å². The first-order chi connectivity index (χ1) is 10.3. The molecule has 0 radical (unpaired) electrons. The Bertz CT molecular complexity index is 576. The van der Waals surface area contributed by atoms with Crippen LogP contribution in [-0.4, -0.2) is 24.8 Å². The average molecular weight is 340 g/mol. The minimum atomic E-state index is -4.73. The molecule has 22 heavy (non-hydrogen) atoms. The van der Waals surface area contributed by atoms with Gasteiger partial charge in [-0.2, -0.15) is 17.6 Å². The third-order valence-electron chi connectivity index (χ3n) is 3.81. The lowest BCUT2D eigenvalue weighted by atomic mass is 9.97. The highest BCUT2D eigenvalue weighted by Gasteiger charge is 2.66. The molecule has 2 heterocycles. The van der Waals surface area contributed by atoms with Crippen LogP contribution in [0.3, 0.4) is 0 Å². The summed E-state index contributed by atoms with van der Waals surface area (Å²) in [5.41, 5.74) is 0.560. The van der Waals surface area contributed by atoms with Gasteiger partial charge >= 0.3 is 12.2 Å². The molecule has 1 unspecified atom stereocenters. The quantitative estimate of drug-likeness (QED) is 0.827. The maximum Gasteiger partial charge on any atom is 0.507 e. The van der Waals surface area contributed by atoms with Gasteiger partial charge < -0.3 is 14.8 Å². The number of fused-ring (bicyclic) bond motifs is 1. The summed E-state index contributed by atoms with van der Waals surface area (Å²) >= 11 is 6.05. The Morgan fingerprint density at radius 3 is 2.32 bits per heavy atom. The van der Waals surface area contributed by atoms with E-state index >= 15 is 0 Å². The van der Waals surface area contributed by atoms with E-state index in [-0.39, 0.29) is 11.1 Å². The second-order valence-corrected chi connectivity index (χ2v) is 5.89. The molecule has 1 atom stereocenters. The molecular formula is C14H14ClF4NO2. The number of nitrogens with one attached hydrogen (secondary N) is 1. The van der Waals surface area contributed by atoms with E-state index in [0.29, 0.717) is 12.0 Å². The molecule has 1 N–H and O–H groups in total. The number of piperidine rings is 1. The Morgan fingerprint density at radius 2 is 1.73 bits per heavy atom. The van der Waals surface area contributed by atoms with E-state index in [2.05, 4.69) is 14.8 Å². The molecule has 2 aliphatic rings. The summed E-state index contributed by atoms with van der Waals surface area (Å²) in [7, 11) is 0. The number of rotatable bonds is 2.